The van der Waals surface area contributed by atoms with Gasteiger partial charge >= 0.3 is 0 Å². The van der Waals surface area contributed by atoms with Gasteiger partial charge in [-0.25, -0.2) is 9.97 Å². The molecule has 0 fully saturated rings. The third kappa shape index (κ3) is 5.71. The van der Waals surface area contributed by atoms with Gasteiger partial charge in [0.15, 0.2) is 0 Å². The van der Waals surface area contributed by atoms with Crippen molar-refractivity contribution in [3.05, 3.63) is 60.9 Å². The molecule has 3 rings (SSSR count). The molecule has 0 aliphatic rings. The van der Waals surface area contributed by atoms with Crippen LogP contribution in [0, 0.1) is 0 Å². The zero-order chi connectivity index (χ0) is 19.8. The first-order chi connectivity index (χ1) is 13.7. The topological polar surface area (TPSA) is 50.3 Å². The first-order valence-electron chi connectivity index (χ1n) is 9.33. The highest BCUT2D eigenvalue weighted by molar-refractivity contribution is 7.99. The summed E-state index contributed by atoms with van der Waals surface area (Å²) in [6.07, 6.45) is 3.65. The number of aromatic nitrogens is 2. The van der Waals surface area contributed by atoms with Crippen LogP contribution in [0.1, 0.15) is 6.92 Å². The molecule has 2 aromatic carbocycles. The van der Waals surface area contributed by atoms with Crippen LogP contribution in [0.3, 0.4) is 0 Å². The summed E-state index contributed by atoms with van der Waals surface area (Å²) in [6, 6.07) is 16.2. The Morgan fingerprint density at radius 3 is 2.25 bits per heavy atom. The van der Waals surface area contributed by atoms with E-state index in [0.717, 1.165) is 41.4 Å². The van der Waals surface area contributed by atoms with Gasteiger partial charge in [0.1, 0.15) is 5.75 Å². The van der Waals surface area contributed by atoms with Gasteiger partial charge in [-0.05, 0) is 55.6 Å². The Morgan fingerprint density at radius 1 is 0.964 bits per heavy atom. The Morgan fingerprint density at radius 2 is 1.64 bits per heavy atom. The molecule has 0 atom stereocenters. The molecule has 28 heavy (non-hydrogen) atoms. The van der Waals surface area contributed by atoms with E-state index >= 15 is 0 Å². The van der Waals surface area contributed by atoms with E-state index in [1.54, 1.807) is 7.11 Å². The fourth-order valence-electron chi connectivity index (χ4n) is 2.57. The number of methoxy groups -OCH3 is 1. The van der Waals surface area contributed by atoms with Crippen molar-refractivity contribution in [3.8, 4) is 16.9 Å². The number of hydrogen-bond donors (Lipinski definition) is 1. The number of benzene rings is 2. The third-order valence-corrected chi connectivity index (χ3v) is 5.46. The van der Waals surface area contributed by atoms with Crippen molar-refractivity contribution in [2.75, 3.05) is 38.3 Å². The van der Waals surface area contributed by atoms with Crippen LogP contribution in [0.5, 0.6) is 5.75 Å². The number of nitrogens with one attached hydrogen (secondary N) is 1. The molecule has 0 spiro atoms. The molecular weight excluding hydrogens is 368 g/mol. The van der Waals surface area contributed by atoms with Crippen molar-refractivity contribution in [2.45, 2.75) is 11.8 Å². The lowest BCUT2D eigenvalue weighted by atomic mass is 10.1. The van der Waals surface area contributed by atoms with Crippen molar-refractivity contribution in [2.24, 2.45) is 0 Å². The van der Waals surface area contributed by atoms with E-state index in [0.29, 0.717) is 5.95 Å². The number of rotatable bonds is 9. The zero-order valence-electron chi connectivity index (χ0n) is 16.6. The molecule has 0 radical (unpaired) electrons. The second kappa shape index (κ2) is 10.1. The summed E-state index contributed by atoms with van der Waals surface area (Å²) in [6.45, 7) is 4.35. The minimum absolute atomic E-state index is 0.585. The highest BCUT2D eigenvalue weighted by Gasteiger charge is 2.03. The molecule has 0 unspecified atom stereocenters. The van der Waals surface area contributed by atoms with Crippen LogP contribution in [0.25, 0.3) is 11.1 Å². The quantitative estimate of drug-likeness (QED) is 0.519. The van der Waals surface area contributed by atoms with E-state index in [4.69, 9.17) is 4.74 Å². The van der Waals surface area contributed by atoms with Gasteiger partial charge < -0.3 is 15.0 Å². The molecule has 146 valence electrons. The Balaban J connectivity index is 1.56. The monoisotopic (exact) mass is 394 g/mol. The standard InChI is InChI=1S/C22H26N4OS/c1-4-26(2)13-14-28-21-11-7-19(8-12-21)25-22-23-15-18(16-24-22)17-5-9-20(27-3)10-6-17/h5-12,15-16H,4,13-14H2,1-3H3,(H,23,24,25). The molecule has 5 nitrogen and oxygen atoms in total. The van der Waals surface area contributed by atoms with E-state index in [1.165, 1.54) is 4.90 Å². The molecule has 3 aromatic rings. The maximum Gasteiger partial charge on any atom is 0.227 e. The molecule has 0 aliphatic carbocycles. The van der Waals surface area contributed by atoms with Crippen LogP contribution < -0.4 is 10.1 Å². The molecule has 0 aliphatic heterocycles. The molecule has 1 N–H and O–H groups in total. The van der Waals surface area contributed by atoms with Crippen molar-refractivity contribution in [1.29, 1.82) is 0 Å². The average Bonchev–Trinajstić information content (AvgIpc) is 2.75. The summed E-state index contributed by atoms with van der Waals surface area (Å²) in [4.78, 5) is 12.4. The molecular formula is C22H26N4OS. The molecule has 1 heterocycles. The maximum atomic E-state index is 5.19. The van der Waals surface area contributed by atoms with E-state index in [9.17, 15) is 0 Å². The third-order valence-electron chi connectivity index (χ3n) is 4.47. The minimum atomic E-state index is 0.585. The minimum Gasteiger partial charge on any atom is -0.497 e. The molecule has 0 saturated carbocycles. The molecule has 0 amide bonds. The summed E-state index contributed by atoms with van der Waals surface area (Å²) in [5, 5.41) is 3.25. The predicted octanol–water partition coefficient (Wildman–Crippen LogP) is 4.94. The first-order valence-corrected chi connectivity index (χ1v) is 10.3. The lowest BCUT2D eigenvalue weighted by Gasteiger charge is -2.13. The van der Waals surface area contributed by atoms with Gasteiger partial charge in [0.05, 0.1) is 7.11 Å². The van der Waals surface area contributed by atoms with Gasteiger partial charge in [-0.15, -0.1) is 11.8 Å². The van der Waals surface area contributed by atoms with E-state index in [1.807, 2.05) is 48.4 Å². The van der Waals surface area contributed by atoms with E-state index in [-0.39, 0.29) is 0 Å². The van der Waals surface area contributed by atoms with Crippen molar-refractivity contribution in [3.63, 3.8) is 0 Å². The second-order valence-electron chi connectivity index (χ2n) is 6.42. The summed E-state index contributed by atoms with van der Waals surface area (Å²) in [5.41, 5.74) is 3.01. The normalized spacial score (nSPS) is 10.9. The van der Waals surface area contributed by atoms with Gasteiger partial charge in [0.25, 0.3) is 0 Å². The zero-order valence-corrected chi connectivity index (χ0v) is 17.4. The Bertz CT molecular complexity index is 851. The maximum absolute atomic E-state index is 5.19. The van der Waals surface area contributed by atoms with Crippen LogP contribution >= 0.6 is 11.8 Å². The highest BCUT2D eigenvalue weighted by atomic mass is 32.2. The summed E-state index contributed by atoms with van der Waals surface area (Å²) >= 11 is 1.87. The van der Waals surface area contributed by atoms with Crippen LogP contribution in [0.4, 0.5) is 11.6 Å². The largest absolute Gasteiger partial charge is 0.497 e. The molecule has 0 bridgehead atoms. The smallest absolute Gasteiger partial charge is 0.227 e. The number of hydrogen-bond acceptors (Lipinski definition) is 6. The lowest BCUT2D eigenvalue weighted by molar-refractivity contribution is 0.376. The van der Waals surface area contributed by atoms with E-state index < -0.39 is 0 Å². The number of thioether (sulfide) groups is 1. The Hall–Kier alpha value is -2.57. The SMILES string of the molecule is CCN(C)CCSc1ccc(Nc2ncc(-c3ccc(OC)cc3)cn2)cc1. The van der Waals surface area contributed by atoms with Crippen LogP contribution in [0.15, 0.2) is 65.8 Å². The highest BCUT2D eigenvalue weighted by Crippen LogP contribution is 2.23. The molecule has 6 heteroatoms. The molecule has 1 aromatic heterocycles. The predicted molar refractivity (Wildman–Crippen MR) is 118 cm³/mol. The summed E-state index contributed by atoms with van der Waals surface area (Å²) in [5.74, 6) is 2.51. The van der Waals surface area contributed by atoms with Crippen molar-refractivity contribution < 1.29 is 4.74 Å². The van der Waals surface area contributed by atoms with Gasteiger partial charge in [0.2, 0.25) is 5.95 Å². The number of ether oxygens (including phenoxy) is 1. The first kappa shape index (κ1) is 20.2. The average molecular weight is 395 g/mol. The van der Waals surface area contributed by atoms with Gasteiger partial charge in [-0.2, -0.15) is 0 Å². The Kier molecular flexibility index (Phi) is 7.28. The number of anilines is 2. The second-order valence-corrected chi connectivity index (χ2v) is 7.59. The van der Waals surface area contributed by atoms with Gasteiger partial charge in [-0.1, -0.05) is 19.1 Å². The van der Waals surface area contributed by atoms with Crippen LogP contribution in [-0.4, -0.2) is 47.9 Å². The summed E-state index contributed by atoms with van der Waals surface area (Å²) in [7, 11) is 3.81. The summed E-state index contributed by atoms with van der Waals surface area (Å²) < 4.78 is 5.19. The fraction of sp³-hybridized carbons (Fsp3) is 0.273. The fourth-order valence-corrected chi connectivity index (χ4v) is 3.53. The van der Waals surface area contributed by atoms with Crippen LogP contribution in [-0.2, 0) is 0 Å². The van der Waals surface area contributed by atoms with Crippen molar-refractivity contribution in [1.82, 2.24) is 14.9 Å². The lowest BCUT2D eigenvalue weighted by Crippen LogP contribution is -2.20. The van der Waals surface area contributed by atoms with Gasteiger partial charge in [0, 0.05) is 40.8 Å². The Labute approximate surface area is 171 Å². The van der Waals surface area contributed by atoms with Crippen LogP contribution in [0.2, 0.25) is 0 Å². The number of nitrogens with zero attached hydrogens (tertiary/aromatic N) is 3. The molecule has 0 saturated heterocycles. The van der Waals surface area contributed by atoms with Crippen molar-refractivity contribution >= 4 is 23.4 Å². The van der Waals surface area contributed by atoms with Gasteiger partial charge in [-0.3, -0.25) is 0 Å². The van der Waals surface area contributed by atoms with E-state index in [2.05, 4.69) is 58.4 Å².